The summed E-state index contributed by atoms with van der Waals surface area (Å²) in [5.41, 5.74) is 4.22. The van der Waals surface area contributed by atoms with Gasteiger partial charge in [-0.2, -0.15) is 0 Å². The monoisotopic (exact) mass is 250 g/mol. The first-order chi connectivity index (χ1) is 8.11. The highest BCUT2D eigenvalue weighted by molar-refractivity contribution is 8.00. The minimum absolute atomic E-state index is 0.682. The van der Waals surface area contributed by atoms with Gasteiger partial charge in [0.25, 0.3) is 0 Å². The van der Waals surface area contributed by atoms with Crippen LogP contribution in [-0.2, 0) is 0 Å². The van der Waals surface area contributed by atoms with Gasteiger partial charge in [0.1, 0.15) is 0 Å². The first-order valence-electron chi connectivity index (χ1n) is 6.29. The first-order valence-corrected chi connectivity index (χ1v) is 7.17. The minimum Gasteiger partial charge on any atom is -0.368 e. The quantitative estimate of drug-likeness (QED) is 0.888. The van der Waals surface area contributed by atoms with Crippen LogP contribution >= 0.6 is 11.8 Å². The average molecular weight is 250 g/mol. The van der Waals surface area contributed by atoms with Crippen LogP contribution in [-0.4, -0.2) is 31.9 Å². The van der Waals surface area contributed by atoms with E-state index in [0.717, 1.165) is 19.6 Å². The first kappa shape index (κ1) is 12.8. The summed E-state index contributed by atoms with van der Waals surface area (Å²) in [6.07, 6.45) is 0. The minimum atomic E-state index is 0.682. The van der Waals surface area contributed by atoms with Crippen molar-refractivity contribution in [3.8, 4) is 0 Å². The molecule has 0 saturated heterocycles. The van der Waals surface area contributed by atoms with E-state index in [9.17, 15) is 0 Å². The topological polar surface area (TPSA) is 15.3 Å². The van der Waals surface area contributed by atoms with Gasteiger partial charge in [0, 0.05) is 29.8 Å². The summed E-state index contributed by atoms with van der Waals surface area (Å²) < 4.78 is 0. The van der Waals surface area contributed by atoms with Crippen LogP contribution in [0.4, 0.5) is 5.69 Å². The molecule has 0 aliphatic carbocycles. The van der Waals surface area contributed by atoms with E-state index in [1.807, 2.05) is 18.8 Å². The molecule has 1 aromatic carbocycles. The highest BCUT2D eigenvalue weighted by Gasteiger charge is 2.22. The van der Waals surface area contributed by atoms with Gasteiger partial charge in [-0.1, -0.05) is 6.92 Å². The van der Waals surface area contributed by atoms with E-state index in [0.29, 0.717) is 5.25 Å². The van der Waals surface area contributed by atoms with Gasteiger partial charge in [0.05, 0.1) is 5.69 Å². The Morgan fingerprint density at radius 3 is 2.76 bits per heavy atom. The molecular weight excluding hydrogens is 228 g/mol. The van der Waals surface area contributed by atoms with Crippen molar-refractivity contribution in [3.05, 3.63) is 23.3 Å². The Hall–Kier alpha value is -0.670. The van der Waals surface area contributed by atoms with Gasteiger partial charge < -0.3 is 10.2 Å². The number of hydrogen-bond donors (Lipinski definition) is 1. The number of hydrogen-bond acceptors (Lipinski definition) is 3. The molecule has 1 atom stereocenters. The molecule has 0 bridgehead atoms. The summed E-state index contributed by atoms with van der Waals surface area (Å²) in [6.45, 7) is 10.0. The SMILES string of the molecule is CNCCN1CC(C)Sc2cc(C)c(C)cc21. The number of fused-ring (bicyclic) bond motifs is 1. The van der Waals surface area contributed by atoms with Crippen molar-refractivity contribution in [2.75, 3.05) is 31.6 Å². The van der Waals surface area contributed by atoms with Gasteiger partial charge in [0.2, 0.25) is 0 Å². The third kappa shape index (κ3) is 2.78. The third-order valence-electron chi connectivity index (χ3n) is 3.35. The highest BCUT2D eigenvalue weighted by Crippen LogP contribution is 2.39. The second-order valence-corrected chi connectivity index (χ2v) is 6.36. The van der Waals surface area contributed by atoms with Gasteiger partial charge in [-0.15, -0.1) is 11.8 Å². The molecule has 0 spiro atoms. The van der Waals surface area contributed by atoms with Crippen molar-refractivity contribution < 1.29 is 0 Å². The van der Waals surface area contributed by atoms with Gasteiger partial charge >= 0.3 is 0 Å². The molecule has 0 saturated carbocycles. The molecule has 2 nitrogen and oxygen atoms in total. The summed E-state index contributed by atoms with van der Waals surface area (Å²) in [7, 11) is 2.02. The number of likely N-dealkylation sites (N-methyl/N-ethyl adjacent to an activating group) is 1. The molecule has 1 N–H and O–H groups in total. The fourth-order valence-electron chi connectivity index (χ4n) is 2.24. The van der Waals surface area contributed by atoms with Crippen molar-refractivity contribution in [1.82, 2.24) is 5.32 Å². The van der Waals surface area contributed by atoms with Crippen LogP contribution in [0, 0.1) is 13.8 Å². The number of rotatable bonds is 3. The lowest BCUT2D eigenvalue weighted by Crippen LogP contribution is -2.37. The standard InChI is InChI=1S/C14H22N2S/c1-10-7-13-14(8-11(10)2)17-12(3)9-16(13)6-5-15-4/h7-8,12,15H,5-6,9H2,1-4H3. The van der Waals surface area contributed by atoms with Gasteiger partial charge in [-0.05, 0) is 44.2 Å². The zero-order valence-electron chi connectivity index (χ0n) is 11.2. The number of nitrogens with zero attached hydrogens (tertiary/aromatic N) is 1. The summed E-state index contributed by atoms with van der Waals surface area (Å²) in [6, 6.07) is 4.69. The van der Waals surface area contributed by atoms with Crippen LogP contribution in [0.2, 0.25) is 0 Å². The fourth-order valence-corrected chi connectivity index (χ4v) is 3.48. The molecule has 1 unspecified atom stereocenters. The van der Waals surface area contributed by atoms with Crippen molar-refractivity contribution >= 4 is 17.4 Å². The summed E-state index contributed by atoms with van der Waals surface area (Å²) in [5.74, 6) is 0. The Bertz CT molecular complexity index is 403. The molecule has 0 aromatic heterocycles. The Labute approximate surface area is 109 Å². The second kappa shape index (κ2) is 5.32. The molecule has 0 radical (unpaired) electrons. The highest BCUT2D eigenvalue weighted by atomic mass is 32.2. The maximum Gasteiger partial charge on any atom is 0.0508 e. The number of anilines is 1. The van der Waals surface area contributed by atoms with E-state index in [-0.39, 0.29) is 0 Å². The lowest BCUT2D eigenvalue weighted by molar-refractivity contribution is 0.703. The normalized spacial score (nSPS) is 19.3. The summed E-state index contributed by atoms with van der Waals surface area (Å²) in [4.78, 5) is 3.96. The lowest BCUT2D eigenvalue weighted by atomic mass is 10.1. The van der Waals surface area contributed by atoms with E-state index < -0.39 is 0 Å². The number of benzene rings is 1. The van der Waals surface area contributed by atoms with Gasteiger partial charge in [-0.25, -0.2) is 0 Å². The molecule has 0 amide bonds. The Kier molecular flexibility index (Phi) is 4.00. The van der Waals surface area contributed by atoms with E-state index in [1.54, 1.807) is 0 Å². The maximum atomic E-state index is 3.24. The summed E-state index contributed by atoms with van der Waals surface area (Å²) in [5, 5.41) is 3.92. The maximum absolute atomic E-state index is 3.24. The summed E-state index contributed by atoms with van der Waals surface area (Å²) >= 11 is 2.01. The zero-order valence-corrected chi connectivity index (χ0v) is 12.0. The van der Waals surface area contributed by atoms with Crippen LogP contribution in [0.1, 0.15) is 18.1 Å². The van der Waals surface area contributed by atoms with Crippen LogP contribution in [0.5, 0.6) is 0 Å². The van der Waals surface area contributed by atoms with Crippen molar-refractivity contribution in [3.63, 3.8) is 0 Å². The van der Waals surface area contributed by atoms with E-state index in [4.69, 9.17) is 0 Å². The predicted molar refractivity (Wildman–Crippen MR) is 77.4 cm³/mol. The molecule has 1 aliphatic rings. The van der Waals surface area contributed by atoms with Crippen LogP contribution < -0.4 is 10.2 Å². The molecule has 2 rings (SSSR count). The number of aryl methyl sites for hydroxylation is 2. The third-order valence-corrected chi connectivity index (χ3v) is 4.49. The molecule has 94 valence electrons. The Morgan fingerprint density at radius 1 is 1.35 bits per heavy atom. The molecular formula is C14H22N2S. The average Bonchev–Trinajstić information content (AvgIpc) is 2.28. The largest absolute Gasteiger partial charge is 0.368 e. The van der Waals surface area contributed by atoms with E-state index >= 15 is 0 Å². The smallest absolute Gasteiger partial charge is 0.0508 e. The van der Waals surface area contributed by atoms with Gasteiger partial charge in [0.15, 0.2) is 0 Å². The van der Waals surface area contributed by atoms with Crippen LogP contribution in [0.15, 0.2) is 17.0 Å². The zero-order chi connectivity index (χ0) is 12.4. The van der Waals surface area contributed by atoms with Crippen LogP contribution in [0.3, 0.4) is 0 Å². The molecule has 1 aliphatic heterocycles. The number of thioether (sulfide) groups is 1. The molecule has 1 heterocycles. The lowest BCUT2D eigenvalue weighted by Gasteiger charge is -2.35. The van der Waals surface area contributed by atoms with Crippen molar-refractivity contribution in [1.29, 1.82) is 0 Å². The molecule has 3 heteroatoms. The molecule has 0 fully saturated rings. The molecule has 17 heavy (non-hydrogen) atoms. The van der Waals surface area contributed by atoms with Crippen molar-refractivity contribution in [2.45, 2.75) is 30.9 Å². The predicted octanol–water partition coefficient (Wildman–Crippen LogP) is 2.82. The molecule has 1 aromatic rings. The fraction of sp³-hybridized carbons (Fsp3) is 0.571. The Balaban J connectivity index is 2.31. The Morgan fingerprint density at radius 2 is 2.06 bits per heavy atom. The van der Waals surface area contributed by atoms with E-state index in [2.05, 4.69) is 43.1 Å². The van der Waals surface area contributed by atoms with Gasteiger partial charge in [-0.3, -0.25) is 0 Å². The van der Waals surface area contributed by atoms with Crippen LogP contribution in [0.25, 0.3) is 0 Å². The van der Waals surface area contributed by atoms with Crippen molar-refractivity contribution in [2.24, 2.45) is 0 Å². The van der Waals surface area contributed by atoms with E-state index in [1.165, 1.54) is 21.7 Å². The second-order valence-electron chi connectivity index (χ2n) is 4.88. The number of nitrogens with one attached hydrogen (secondary N) is 1.